The van der Waals surface area contributed by atoms with Gasteiger partial charge in [0, 0.05) is 17.8 Å². The van der Waals surface area contributed by atoms with Gasteiger partial charge in [-0.25, -0.2) is 0 Å². The van der Waals surface area contributed by atoms with Gasteiger partial charge in [-0.1, -0.05) is 37.3 Å². The van der Waals surface area contributed by atoms with Gasteiger partial charge in [0.2, 0.25) is 5.01 Å². The number of aryl methyl sites for hydroxylation is 2. The standard InChI is InChI=1S/C24H28N4O3S/c1-15(2)8-9-25-22(29)18-6-5-7-19(13-18)26-23(30)24-28-27-21(32-24)14-31-20-11-16(3)10-17(4)12-20/h5-7,10-13,15H,8-9,14H2,1-4H3,(H,25,29)(H,26,30). The van der Waals surface area contributed by atoms with Gasteiger partial charge in [0.1, 0.15) is 12.4 Å². The van der Waals surface area contributed by atoms with Gasteiger partial charge < -0.3 is 15.4 Å². The summed E-state index contributed by atoms with van der Waals surface area (Å²) in [5, 5.41) is 14.5. The van der Waals surface area contributed by atoms with Crippen molar-refractivity contribution in [3.05, 3.63) is 69.2 Å². The number of benzene rings is 2. The second kappa shape index (κ2) is 10.9. The lowest BCUT2D eigenvalue weighted by Crippen LogP contribution is -2.25. The topological polar surface area (TPSA) is 93.2 Å². The molecule has 1 aromatic heterocycles. The van der Waals surface area contributed by atoms with Crippen LogP contribution in [-0.4, -0.2) is 28.6 Å². The average molecular weight is 453 g/mol. The van der Waals surface area contributed by atoms with E-state index in [1.807, 2.05) is 26.0 Å². The fourth-order valence-corrected chi connectivity index (χ4v) is 3.71. The Hall–Kier alpha value is -3.26. The summed E-state index contributed by atoms with van der Waals surface area (Å²) in [6.07, 6.45) is 0.911. The van der Waals surface area contributed by atoms with Crippen LogP contribution in [0.25, 0.3) is 0 Å². The van der Waals surface area contributed by atoms with Crippen LogP contribution in [0.3, 0.4) is 0 Å². The van der Waals surface area contributed by atoms with Crippen molar-refractivity contribution in [2.75, 3.05) is 11.9 Å². The van der Waals surface area contributed by atoms with E-state index in [0.29, 0.717) is 28.7 Å². The van der Waals surface area contributed by atoms with Crippen LogP contribution in [0.15, 0.2) is 42.5 Å². The number of hydrogen-bond acceptors (Lipinski definition) is 6. The first-order chi connectivity index (χ1) is 15.3. The van der Waals surface area contributed by atoms with Crippen LogP contribution in [0.2, 0.25) is 0 Å². The van der Waals surface area contributed by atoms with E-state index in [1.165, 1.54) is 11.3 Å². The molecule has 3 aromatic rings. The maximum atomic E-state index is 12.6. The summed E-state index contributed by atoms with van der Waals surface area (Å²) in [7, 11) is 0. The number of carbonyl (C=O) groups is 2. The molecule has 0 spiro atoms. The smallest absolute Gasteiger partial charge is 0.286 e. The number of anilines is 1. The second-order valence-electron chi connectivity index (χ2n) is 8.09. The maximum Gasteiger partial charge on any atom is 0.286 e. The van der Waals surface area contributed by atoms with E-state index in [2.05, 4.69) is 40.7 Å². The van der Waals surface area contributed by atoms with E-state index in [-0.39, 0.29) is 23.4 Å². The minimum Gasteiger partial charge on any atom is -0.486 e. The number of nitrogens with zero attached hydrogens (tertiary/aromatic N) is 2. The van der Waals surface area contributed by atoms with E-state index >= 15 is 0 Å². The van der Waals surface area contributed by atoms with Gasteiger partial charge in [0.15, 0.2) is 5.01 Å². The average Bonchev–Trinajstić information content (AvgIpc) is 3.21. The quantitative estimate of drug-likeness (QED) is 0.488. The Kier molecular flexibility index (Phi) is 7.94. The van der Waals surface area contributed by atoms with Gasteiger partial charge in [0.05, 0.1) is 0 Å². The summed E-state index contributed by atoms with van der Waals surface area (Å²) in [5.74, 6) is 0.734. The highest BCUT2D eigenvalue weighted by Crippen LogP contribution is 2.20. The first-order valence-electron chi connectivity index (χ1n) is 10.5. The summed E-state index contributed by atoms with van der Waals surface area (Å²) < 4.78 is 5.79. The van der Waals surface area contributed by atoms with Crippen LogP contribution in [0, 0.1) is 19.8 Å². The number of hydrogen-bond donors (Lipinski definition) is 2. The van der Waals surface area contributed by atoms with E-state index in [4.69, 9.17) is 4.74 Å². The molecule has 0 atom stereocenters. The lowest BCUT2D eigenvalue weighted by molar-refractivity contribution is 0.0950. The molecule has 2 amide bonds. The molecular weight excluding hydrogens is 424 g/mol. The predicted molar refractivity (Wildman–Crippen MR) is 126 cm³/mol. The zero-order valence-corrected chi connectivity index (χ0v) is 19.6. The molecule has 1 heterocycles. The Balaban J connectivity index is 1.57. The van der Waals surface area contributed by atoms with Crippen LogP contribution >= 0.6 is 11.3 Å². The molecule has 7 nitrogen and oxygen atoms in total. The Labute approximate surface area is 192 Å². The second-order valence-corrected chi connectivity index (χ2v) is 9.15. The molecule has 2 N–H and O–H groups in total. The highest BCUT2D eigenvalue weighted by molar-refractivity contribution is 7.13. The zero-order chi connectivity index (χ0) is 23.1. The Morgan fingerprint density at radius 2 is 1.78 bits per heavy atom. The minimum atomic E-state index is -0.377. The van der Waals surface area contributed by atoms with E-state index in [0.717, 1.165) is 23.3 Å². The van der Waals surface area contributed by atoms with Crippen molar-refractivity contribution in [3.8, 4) is 5.75 Å². The van der Waals surface area contributed by atoms with Gasteiger partial charge in [-0.3, -0.25) is 9.59 Å². The van der Waals surface area contributed by atoms with E-state index in [9.17, 15) is 9.59 Å². The van der Waals surface area contributed by atoms with Crippen LogP contribution < -0.4 is 15.4 Å². The molecule has 0 unspecified atom stereocenters. The summed E-state index contributed by atoms with van der Waals surface area (Å²) in [6.45, 7) is 9.09. The Morgan fingerprint density at radius 3 is 2.50 bits per heavy atom. The summed E-state index contributed by atoms with van der Waals surface area (Å²) in [4.78, 5) is 24.9. The number of amides is 2. The molecule has 0 radical (unpaired) electrons. The molecule has 8 heteroatoms. The normalized spacial score (nSPS) is 10.8. The zero-order valence-electron chi connectivity index (χ0n) is 18.8. The van der Waals surface area contributed by atoms with E-state index in [1.54, 1.807) is 24.3 Å². The molecule has 0 aliphatic carbocycles. The first kappa shape index (κ1) is 23.4. The molecule has 0 aliphatic heterocycles. The molecule has 168 valence electrons. The predicted octanol–water partition coefficient (Wildman–Crippen LogP) is 4.76. The number of nitrogens with one attached hydrogen (secondary N) is 2. The third-order valence-electron chi connectivity index (χ3n) is 4.61. The molecular formula is C24H28N4O3S. The van der Waals surface area contributed by atoms with Crippen LogP contribution in [0.4, 0.5) is 5.69 Å². The van der Waals surface area contributed by atoms with Gasteiger partial charge >= 0.3 is 0 Å². The van der Waals surface area contributed by atoms with Crippen LogP contribution in [0.1, 0.15) is 56.6 Å². The van der Waals surface area contributed by atoms with Crippen molar-refractivity contribution in [1.29, 1.82) is 0 Å². The number of ether oxygens (including phenoxy) is 1. The Bertz CT molecular complexity index is 1070. The van der Waals surface area contributed by atoms with Gasteiger partial charge in [-0.2, -0.15) is 0 Å². The number of rotatable bonds is 9. The molecule has 0 bridgehead atoms. The van der Waals surface area contributed by atoms with Crippen molar-refractivity contribution < 1.29 is 14.3 Å². The molecule has 32 heavy (non-hydrogen) atoms. The van der Waals surface area contributed by atoms with Crippen molar-refractivity contribution in [1.82, 2.24) is 15.5 Å². The van der Waals surface area contributed by atoms with Crippen molar-refractivity contribution in [2.45, 2.75) is 40.7 Å². The highest BCUT2D eigenvalue weighted by atomic mass is 32.1. The molecule has 2 aromatic carbocycles. The van der Waals surface area contributed by atoms with Gasteiger partial charge in [-0.05, 0) is 67.6 Å². The largest absolute Gasteiger partial charge is 0.486 e. The molecule has 0 saturated heterocycles. The first-order valence-corrected chi connectivity index (χ1v) is 11.3. The van der Waals surface area contributed by atoms with Gasteiger partial charge in [0.25, 0.3) is 11.8 Å². The fraction of sp³-hybridized carbons (Fsp3) is 0.333. The maximum absolute atomic E-state index is 12.6. The molecule has 0 fully saturated rings. The van der Waals surface area contributed by atoms with Crippen molar-refractivity contribution >= 4 is 28.8 Å². The molecule has 0 aliphatic rings. The lowest BCUT2D eigenvalue weighted by Gasteiger charge is -2.09. The minimum absolute atomic E-state index is 0.163. The van der Waals surface area contributed by atoms with Gasteiger partial charge in [-0.15, -0.1) is 10.2 Å². The monoisotopic (exact) mass is 452 g/mol. The van der Waals surface area contributed by atoms with Crippen molar-refractivity contribution in [2.24, 2.45) is 5.92 Å². The SMILES string of the molecule is Cc1cc(C)cc(OCc2nnc(C(=O)Nc3cccc(C(=O)NCCC(C)C)c3)s2)c1. The van der Waals surface area contributed by atoms with E-state index < -0.39 is 0 Å². The molecule has 3 rings (SSSR count). The highest BCUT2D eigenvalue weighted by Gasteiger charge is 2.15. The van der Waals surface area contributed by atoms with Crippen LogP contribution in [0.5, 0.6) is 5.75 Å². The third kappa shape index (κ3) is 6.88. The summed E-state index contributed by atoms with van der Waals surface area (Å²) in [6, 6.07) is 12.8. The number of carbonyl (C=O) groups excluding carboxylic acids is 2. The summed E-state index contributed by atoms with van der Waals surface area (Å²) >= 11 is 1.17. The fourth-order valence-electron chi connectivity index (χ4n) is 3.06. The molecule has 0 saturated carbocycles. The summed E-state index contributed by atoms with van der Waals surface area (Å²) in [5.41, 5.74) is 3.25. The number of aromatic nitrogens is 2. The third-order valence-corrected chi connectivity index (χ3v) is 5.50. The Morgan fingerprint density at radius 1 is 1.03 bits per heavy atom. The van der Waals surface area contributed by atoms with Crippen molar-refractivity contribution in [3.63, 3.8) is 0 Å². The van der Waals surface area contributed by atoms with Crippen LogP contribution in [-0.2, 0) is 6.61 Å². The lowest BCUT2D eigenvalue weighted by atomic mass is 10.1.